The Morgan fingerprint density at radius 1 is 1.21 bits per heavy atom. The summed E-state index contributed by atoms with van der Waals surface area (Å²) in [6.07, 6.45) is 1.31. The molecule has 106 valence electrons. The Morgan fingerprint density at radius 2 is 1.79 bits per heavy atom. The maximum absolute atomic E-state index is 11.7. The van der Waals surface area contributed by atoms with E-state index in [4.69, 9.17) is 9.47 Å². The topological polar surface area (TPSA) is 35.5 Å². The van der Waals surface area contributed by atoms with E-state index < -0.39 is 5.60 Å². The monoisotopic (exact) mass is 264 g/mol. The van der Waals surface area contributed by atoms with Gasteiger partial charge in [-0.15, -0.1) is 0 Å². The molecule has 0 aliphatic heterocycles. The van der Waals surface area contributed by atoms with Crippen molar-refractivity contribution in [2.75, 3.05) is 7.11 Å². The molecule has 0 bridgehead atoms. The van der Waals surface area contributed by atoms with E-state index in [9.17, 15) is 4.79 Å². The van der Waals surface area contributed by atoms with Gasteiger partial charge in [0.15, 0.2) is 0 Å². The summed E-state index contributed by atoms with van der Waals surface area (Å²) in [5.74, 6) is 0.986. The van der Waals surface area contributed by atoms with Gasteiger partial charge in [0.05, 0.1) is 7.11 Å². The summed E-state index contributed by atoms with van der Waals surface area (Å²) in [4.78, 5) is 11.7. The molecule has 0 aliphatic carbocycles. The van der Waals surface area contributed by atoms with Gasteiger partial charge in [0.1, 0.15) is 11.4 Å². The molecule has 1 aromatic rings. The first-order valence-electron chi connectivity index (χ1n) is 6.65. The Hall–Kier alpha value is -1.51. The molecule has 1 atom stereocenters. The van der Waals surface area contributed by atoms with Crippen LogP contribution in [0.25, 0.3) is 0 Å². The number of rotatable bonds is 5. The first-order valence-corrected chi connectivity index (χ1v) is 6.65. The molecule has 0 aliphatic rings. The molecular weight excluding hydrogens is 240 g/mol. The fourth-order valence-electron chi connectivity index (χ4n) is 1.90. The molecule has 0 saturated heterocycles. The highest BCUT2D eigenvalue weighted by Gasteiger charge is 2.18. The average molecular weight is 264 g/mol. The van der Waals surface area contributed by atoms with Crippen LogP contribution < -0.4 is 4.74 Å². The van der Waals surface area contributed by atoms with E-state index in [0.29, 0.717) is 6.42 Å². The Bertz CT molecular complexity index is 401. The summed E-state index contributed by atoms with van der Waals surface area (Å²) in [5.41, 5.74) is 0.800. The Kier molecular flexibility index (Phi) is 5.40. The van der Waals surface area contributed by atoms with Crippen molar-refractivity contribution >= 4 is 5.97 Å². The molecule has 0 unspecified atom stereocenters. The lowest BCUT2D eigenvalue weighted by Crippen LogP contribution is -2.25. The lowest BCUT2D eigenvalue weighted by molar-refractivity contribution is -0.155. The summed E-state index contributed by atoms with van der Waals surface area (Å²) >= 11 is 0. The van der Waals surface area contributed by atoms with Gasteiger partial charge in [-0.2, -0.15) is 0 Å². The number of hydrogen-bond acceptors (Lipinski definition) is 3. The molecule has 3 nitrogen and oxygen atoms in total. The molecular formula is C16H24O3. The molecule has 0 heterocycles. The summed E-state index contributed by atoms with van der Waals surface area (Å²) < 4.78 is 10.4. The summed E-state index contributed by atoms with van der Waals surface area (Å²) in [6.45, 7) is 7.73. The second-order valence-corrected chi connectivity index (χ2v) is 5.95. The van der Waals surface area contributed by atoms with Crippen LogP contribution in [0.1, 0.15) is 39.7 Å². The second-order valence-electron chi connectivity index (χ2n) is 5.95. The van der Waals surface area contributed by atoms with Gasteiger partial charge >= 0.3 is 5.97 Å². The largest absolute Gasteiger partial charge is 0.497 e. The molecule has 0 spiro atoms. The van der Waals surface area contributed by atoms with Gasteiger partial charge in [-0.05, 0) is 50.8 Å². The predicted molar refractivity (Wildman–Crippen MR) is 76.3 cm³/mol. The molecule has 0 aromatic heterocycles. The minimum absolute atomic E-state index is 0.131. The average Bonchev–Trinajstić information content (AvgIpc) is 2.27. The van der Waals surface area contributed by atoms with Gasteiger partial charge in [-0.1, -0.05) is 19.1 Å². The normalized spacial score (nSPS) is 12.9. The third-order valence-electron chi connectivity index (χ3n) is 2.68. The van der Waals surface area contributed by atoms with Crippen LogP contribution in [0.3, 0.4) is 0 Å². The van der Waals surface area contributed by atoms with E-state index in [0.717, 1.165) is 12.2 Å². The van der Waals surface area contributed by atoms with Crippen LogP contribution in [0.4, 0.5) is 0 Å². The molecule has 0 fully saturated rings. The van der Waals surface area contributed by atoms with Crippen molar-refractivity contribution < 1.29 is 14.3 Å². The molecule has 0 N–H and O–H groups in total. The Labute approximate surface area is 115 Å². The zero-order valence-electron chi connectivity index (χ0n) is 12.5. The van der Waals surface area contributed by atoms with Crippen molar-refractivity contribution in [3.63, 3.8) is 0 Å². The highest BCUT2D eigenvalue weighted by molar-refractivity contribution is 5.70. The number of benzene rings is 1. The molecule has 3 heteroatoms. The smallest absolute Gasteiger partial charge is 0.306 e. The zero-order valence-corrected chi connectivity index (χ0v) is 12.5. The van der Waals surface area contributed by atoms with E-state index in [1.807, 2.05) is 45.0 Å². The van der Waals surface area contributed by atoms with Crippen molar-refractivity contribution in [3.8, 4) is 5.75 Å². The van der Waals surface area contributed by atoms with E-state index in [1.54, 1.807) is 7.11 Å². The van der Waals surface area contributed by atoms with Gasteiger partial charge < -0.3 is 9.47 Å². The van der Waals surface area contributed by atoms with Crippen LogP contribution in [-0.4, -0.2) is 18.7 Å². The lowest BCUT2D eigenvalue weighted by atomic mass is 9.98. The van der Waals surface area contributed by atoms with Crippen LogP contribution >= 0.6 is 0 Å². The van der Waals surface area contributed by atoms with E-state index in [-0.39, 0.29) is 11.9 Å². The van der Waals surface area contributed by atoms with Crippen molar-refractivity contribution in [3.05, 3.63) is 29.8 Å². The molecule has 19 heavy (non-hydrogen) atoms. The second kappa shape index (κ2) is 6.60. The van der Waals surface area contributed by atoms with Gasteiger partial charge in [-0.3, -0.25) is 4.79 Å². The first-order chi connectivity index (χ1) is 8.80. The quantitative estimate of drug-likeness (QED) is 0.762. The maximum Gasteiger partial charge on any atom is 0.306 e. The lowest BCUT2D eigenvalue weighted by Gasteiger charge is -2.21. The first kappa shape index (κ1) is 15.5. The fraction of sp³-hybridized carbons (Fsp3) is 0.562. The molecule has 0 saturated carbocycles. The third kappa shape index (κ3) is 6.27. The molecule has 0 radical (unpaired) electrons. The van der Waals surface area contributed by atoms with E-state index in [2.05, 4.69) is 6.92 Å². The number of carbonyl (C=O) groups is 1. The van der Waals surface area contributed by atoms with Crippen molar-refractivity contribution in [1.82, 2.24) is 0 Å². The van der Waals surface area contributed by atoms with Crippen LogP contribution in [0.15, 0.2) is 24.3 Å². The van der Waals surface area contributed by atoms with Crippen LogP contribution in [-0.2, 0) is 16.0 Å². The number of carbonyl (C=O) groups excluding carboxylic acids is 1. The predicted octanol–water partition coefficient (Wildman–Crippen LogP) is 3.61. The van der Waals surface area contributed by atoms with Gasteiger partial charge in [0.25, 0.3) is 0 Å². The molecule has 1 aromatic carbocycles. The highest BCUT2D eigenvalue weighted by atomic mass is 16.6. The van der Waals surface area contributed by atoms with E-state index in [1.165, 1.54) is 5.56 Å². The maximum atomic E-state index is 11.7. The summed E-state index contributed by atoms with van der Waals surface area (Å²) in [7, 11) is 1.65. The number of esters is 1. The van der Waals surface area contributed by atoms with Gasteiger partial charge in [0, 0.05) is 6.42 Å². The Balaban J connectivity index is 2.46. The standard InChI is InChI=1S/C16H24O3/c1-12(11-15(17)19-16(2,3)4)10-13-6-8-14(18-5)9-7-13/h6-9,12H,10-11H2,1-5H3/t12-/m1/s1. The van der Waals surface area contributed by atoms with Crippen molar-refractivity contribution in [1.29, 1.82) is 0 Å². The Morgan fingerprint density at radius 3 is 2.26 bits per heavy atom. The van der Waals surface area contributed by atoms with Crippen LogP contribution in [0, 0.1) is 5.92 Å². The minimum atomic E-state index is -0.406. The van der Waals surface area contributed by atoms with Gasteiger partial charge in [-0.25, -0.2) is 0 Å². The molecule has 0 amide bonds. The highest BCUT2D eigenvalue weighted by Crippen LogP contribution is 2.18. The third-order valence-corrected chi connectivity index (χ3v) is 2.68. The van der Waals surface area contributed by atoms with E-state index >= 15 is 0 Å². The fourth-order valence-corrected chi connectivity index (χ4v) is 1.90. The number of ether oxygens (including phenoxy) is 2. The SMILES string of the molecule is COc1ccc(C[C@@H](C)CC(=O)OC(C)(C)C)cc1. The summed E-state index contributed by atoms with van der Waals surface area (Å²) in [6, 6.07) is 7.94. The van der Waals surface area contributed by atoms with Gasteiger partial charge in [0.2, 0.25) is 0 Å². The van der Waals surface area contributed by atoms with Crippen LogP contribution in [0.2, 0.25) is 0 Å². The van der Waals surface area contributed by atoms with Crippen molar-refractivity contribution in [2.24, 2.45) is 5.92 Å². The minimum Gasteiger partial charge on any atom is -0.497 e. The molecule has 1 rings (SSSR count). The number of hydrogen-bond donors (Lipinski definition) is 0. The number of methoxy groups -OCH3 is 1. The van der Waals surface area contributed by atoms with Crippen LogP contribution in [0.5, 0.6) is 5.75 Å². The zero-order chi connectivity index (χ0) is 14.5. The van der Waals surface area contributed by atoms with Crippen molar-refractivity contribution in [2.45, 2.75) is 46.1 Å². The summed E-state index contributed by atoms with van der Waals surface area (Å²) in [5, 5.41) is 0.